The van der Waals surface area contributed by atoms with Crippen LogP contribution in [0.5, 0.6) is 0 Å². The molecule has 2 heterocycles. The Morgan fingerprint density at radius 2 is 2.19 bits per heavy atom. The number of carbonyl (C=O) groups excluding carboxylic acids is 1. The van der Waals surface area contributed by atoms with Gasteiger partial charge >= 0.3 is 0 Å². The summed E-state index contributed by atoms with van der Waals surface area (Å²) in [5, 5.41) is 11.7. The maximum absolute atomic E-state index is 13.2. The zero-order valence-electron chi connectivity index (χ0n) is 14.1. The van der Waals surface area contributed by atoms with Crippen molar-refractivity contribution in [3.05, 3.63) is 47.1 Å². The zero-order chi connectivity index (χ0) is 18.7. The van der Waals surface area contributed by atoms with E-state index in [0.29, 0.717) is 23.2 Å². The molecule has 0 unspecified atom stereocenters. The molecular weight excluding hydrogens is 379 g/mol. The molecule has 0 radical (unpaired) electrons. The fraction of sp³-hybridized carbons (Fsp3) is 0.235. The van der Waals surface area contributed by atoms with Crippen LogP contribution in [-0.4, -0.2) is 26.4 Å². The van der Waals surface area contributed by atoms with Gasteiger partial charge in [0.05, 0.1) is 22.6 Å². The fourth-order valence-electron chi connectivity index (χ4n) is 2.40. The second kappa shape index (κ2) is 7.92. The Hall–Kier alpha value is -2.32. The van der Waals surface area contributed by atoms with Crippen LogP contribution in [0.4, 0.5) is 10.1 Å². The van der Waals surface area contributed by atoms with E-state index >= 15 is 0 Å². The van der Waals surface area contributed by atoms with E-state index in [1.165, 1.54) is 30.0 Å². The SMILES string of the molecule is CCn1c(SCC(=O)Nc2ccc(F)c(Cl)c2)nnc1-c1ccoc1C. The molecule has 0 aliphatic rings. The Kier molecular flexibility index (Phi) is 5.63. The molecule has 0 saturated carbocycles. The van der Waals surface area contributed by atoms with E-state index in [9.17, 15) is 9.18 Å². The van der Waals surface area contributed by atoms with Gasteiger partial charge in [-0.3, -0.25) is 4.79 Å². The molecule has 136 valence electrons. The van der Waals surface area contributed by atoms with Gasteiger partial charge in [0, 0.05) is 12.2 Å². The molecule has 3 rings (SSSR count). The van der Waals surface area contributed by atoms with Crippen molar-refractivity contribution >= 4 is 35.0 Å². The smallest absolute Gasteiger partial charge is 0.234 e. The summed E-state index contributed by atoms with van der Waals surface area (Å²) in [6, 6.07) is 5.87. The van der Waals surface area contributed by atoms with E-state index in [4.69, 9.17) is 16.0 Å². The Balaban J connectivity index is 1.68. The first kappa shape index (κ1) is 18.5. The highest BCUT2D eigenvalue weighted by Gasteiger charge is 2.17. The maximum Gasteiger partial charge on any atom is 0.234 e. The van der Waals surface area contributed by atoms with Gasteiger partial charge in [0.2, 0.25) is 5.91 Å². The van der Waals surface area contributed by atoms with E-state index in [1.54, 1.807) is 6.26 Å². The minimum atomic E-state index is -0.530. The first-order valence-electron chi connectivity index (χ1n) is 7.85. The van der Waals surface area contributed by atoms with Crippen molar-refractivity contribution in [1.82, 2.24) is 14.8 Å². The molecule has 0 fully saturated rings. The Bertz CT molecular complexity index is 941. The molecule has 9 heteroatoms. The van der Waals surface area contributed by atoms with E-state index < -0.39 is 5.82 Å². The Morgan fingerprint density at radius 1 is 1.38 bits per heavy atom. The highest BCUT2D eigenvalue weighted by atomic mass is 35.5. The number of halogens is 2. The number of thioether (sulfide) groups is 1. The molecule has 0 bridgehead atoms. The maximum atomic E-state index is 13.2. The monoisotopic (exact) mass is 394 g/mol. The van der Waals surface area contributed by atoms with Gasteiger partial charge < -0.3 is 14.3 Å². The van der Waals surface area contributed by atoms with Crippen molar-refractivity contribution in [2.45, 2.75) is 25.5 Å². The van der Waals surface area contributed by atoms with Crippen molar-refractivity contribution in [3.8, 4) is 11.4 Å². The third-order valence-corrected chi connectivity index (χ3v) is 4.92. The van der Waals surface area contributed by atoms with E-state index in [-0.39, 0.29) is 16.7 Å². The lowest BCUT2D eigenvalue weighted by molar-refractivity contribution is -0.113. The minimum absolute atomic E-state index is 0.0405. The Labute approximate surface area is 158 Å². The lowest BCUT2D eigenvalue weighted by Crippen LogP contribution is -2.14. The molecule has 0 aliphatic heterocycles. The van der Waals surface area contributed by atoms with Crippen molar-refractivity contribution < 1.29 is 13.6 Å². The molecule has 0 saturated heterocycles. The predicted octanol–water partition coefficient (Wildman–Crippen LogP) is 4.39. The van der Waals surface area contributed by atoms with Crippen molar-refractivity contribution in [2.24, 2.45) is 0 Å². The number of benzene rings is 1. The molecule has 0 aliphatic carbocycles. The van der Waals surface area contributed by atoms with E-state index in [2.05, 4.69) is 15.5 Å². The van der Waals surface area contributed by atoms with Crippen LogP contribution in [-0.2, 0) is 11.3 Å². The second-order valence-electron chi connectivity index (χ2n) is 5.41. The van der Waals surface area contributed by atoms with E-state index in [0.717, 1.165) is 11.3 Å². The summed E-state index contributed by atoms with van der Waals surface area (Å²) in [5.41, 5.74) is 1.31. The molecule has 6 nitrogen and oxygen atoms in total. The molecular formula is C17H16ClFN4O2S. The van der Waals surface area contributed by atoms with Crippen molar-refractivity contribution in [3.63, 3.8) is 0 Å². The van der Waals surface area contributed by atoms with Gasteiger partial charge in [0.25, 0.3) is 0 Å². The molecule has 2 aromatic heterocycles. The number of furan rings is 1. The highest BCUT2D eigenvalue weighted by Crippen LogP contribution is 2.27. The molecule has 1 aromatic carbocycles. The van der Waals surface area contributed by atoms with Crippen LogP contribution in [0.2, 0.25) is 5.02 Å². The number of amides is 1. The number of aryl methyl sites for hydroxylation is 1. The van der Waals surface area contributed by atoms with Gasteiger partial charge in [-0.1, -0.05) is 23.4 Å². The van der Waals surface area contributed by atoms with Crippen LogP contribution in [0.3, 0.4) is 0 Å². The lowest BCUT2D eigenvalue weighted by atomic mass is 10.2. The van der Waals surface area contributed by atoms with Crippen molar-refractivity contribution in [1.29, 1.82) is 0 Å². The highest BCUT2D eigenvalue weighted by molar-refractivity contribution is 7.99. The summed E-state index contributed by atoms with van der Waals surface area (Å²) in [7, 11) is 0. The summed E-state index contributed by atoms with van der Waals surface area (Å²) in [5.74, 6) is 0.820. The summed E-state index contributed by atoms with van der Waals surface area (Å²) in [4.78, 5) is 12.1. The van der Waals surface area contributed by atoms with Gasteiger partial charge in [-0.15, -0.1) is 10.2 Å². The summed E-state index contributed by atoms with van der Waals surface area (Å²) in [6.07, 6.45) is 1.60. The van der Waals surface area contributed by atoms with Crippen LogP contribution in [0.25, 0.3) is 11.4 Å². The second-order valence-corrected chi connectivity index (χ2v) is 6.76. The number of hydrogen-bond donors (Lipinski definition) is 1. The Morgan fingerprint density at radius 3 is 2.85 bits per heavy atom. The summed E-state index contributed by atoms with van der Waals surface area (Å²) in [6.45, 7) is 4.50. The summed E-state index contributed by atoms with van der Waals surface area (Å²) >= 11 is 6.98. The molecule has 26 heavy (non-hydrogen) atoms. The van der Waals surface area contributed by atoms with Gasteiger partial charge in [0.15, 0.2) is 11.0 Å². The lowest BCUT2D eigenvalue weighted by Gasteiger charge is -2.08. The normalized spacial score (nSPS) is 10.9. The quantitative estimate of drug-likeness (QED) is 0.628. The number of nitrogens with zero attached hydrogens (tertiary/aromatic N) is 3. The largest absolute Gasteiger partial charge is 0.469 e. The molecule has 1 amide bonds. The minimum Gasteiger partial charge on any atom is -0.469 e. The van der Waals surface area contributed by atoms with Crippen LogP contribution in [0.1, 0.15) is 12.7 Å². The molecule has 0 spiro atoms. The third kappa shape index (κ3) is 3.91. The number of anilines is 1. The first-order chi connectivity index (χ1) is 12.5. The molecule has 0 atom stereocenters. The van der Waals surface area contributed by atoms with Crippen molar-refractivity contribution in [2.75, 3.05) is 11.1 Å². The van der Waals surface area contributed by atoms with Gasteiger partial charge in [-0.05, 0) is 38.1 Å². The standard InChI is InChI=1S/C17H16ClFN4O2S/c1-3-23-16(12-6-7-25-10(12)2)21-22-17(23)26-9-15(24)20-11-4-5-14(19)13(18)8-11/h4-8H,3,9H2,1-2H3,(H,20,24). The number of rotatable bonds is 6. The topological polar surface area (TPSA) is 73.0 Å². The van der Waals surface area contributed by atoms with Crippen LogP contribution in [0, 0.1) is 12.7 Å². The number of hydrogen-bond acceptors (Lipinski definition) is 5. The van der Waals surface area contributed by atoms with Crippen LogP contribution in [0.15, 0.2) is 40.1 Å². The van der Waals surface area contributed by atoms with Gasteiger partial charge in [-0.25, -0.2) is 4.39 Å². The number of carbonyl (C=O) groups is 1. The first-order valence-corrected chi connectivity index (χ1v) is 9.21. The van der Waals surface area contributed by atoms with Crippen LogP contribution >= 0.6 is 23.4 Å². The number of aromatic nitrogens is 3. The zero-order valence-corrected chi connectivity index (χ0v) is 15.7. The number of nitrogens with one attached hydrogen (secondary N) is 1. The fourth-order valence-corrected chi connectivity index (χ4v) is 3.38. The summed E-state index contributed by atoms with van der Waals surface area (Å²) < 4.78 is 20.4. The van der Waals surface area contributed by atoms with Crippen LogP contribution < -0.4 is 5.32 Å². The van der Waals surface area contributed by atoms with E-state index in [1.807, 2.05) is 24.5 Å². The van der Waals surface area contributed by atoms with Gasteiger partial charge in [0.1, 0.15) is 11.6 Å². The van der Waals surface area contributed by atoms with Gasteiger partial charge in [-0.2, -0.15) is 0 Å². The average Bonchev–Trinajstić information content (AvgIpc) is 3.21. The third-order valence-electron chi connectivity index (χ3n) is 3.67. The average molecular weight is 395 g/mol. The molecule has 3 aromatic rings. The predicted molar refractivity (Wildman–Crippen MR) is 98.9 cm³/mol. The molecule has 1 N–H and O–H groups in total.